The van der Waals surface area contributed by atoms with Gasteiger partial charge in [0.15, 0.2) is 0 Å². The van der Waals surface area contributed by atoms with Gasteiger partial charge in [0, 0.05) is 0 Å². The van der Waals surface area contributed by atoms with Crippen LogP contribution in [0.15, 0.2) is 218 Å². The first-order chi connectivity index (χ1) is 31.7. The van der Waals surface area contributed by atoms with Gasteiger partial charge in [0.1, 0.15) is 7.85 Å². The summed E-state index contributed by atoms with van der Waals surface area (Å²) in [5, 5.41) is 0. The average Bonchev–Trinajstić information content (AvgIpc) is 3.34. The zero-order chi connectivity index (χ0) is 47.7. The Morgan fingerprint density at radius 3 is 1.03 bits per heavy atom. The second-order valence-electron chi connectivity index (χ2n) is 19.0. The molecular formula is C65H69B. The van der Waals surface area contributed by atoms with Crippen molar-refractivity contribution in [3.05, 3.63) is 246 Å². The van der Waals surface area contributed by atoms with E-state index in [0.717, 1.165) is 5.46 Å². The highest BCUT2D eigenvalue weighted by atomic mass is 14.2. The Morgan fingerprint density at radius 1 is 0.333 bits per heavy atom. The van der Waals surface area contributed by atoms with Crippen LogP contribution in [0.2, 0.25) is 0 Å². The second kappa shape index (κ2) is 24.0. The molecule has 1 heteroatoms. The van der Waals surface area contributed by atoms with Gasteiger partial charge in [0.25, 0.3) is 0 Å². The van der Waals surface area contributed by atoms with Crippen LogP contribution in [0, 0.1) is 5.41 Å². The van der Waals surface area contributed by atoms with E-state index < -0.39 is 0 Å². The predicted octanol–water partition coefficient (Wildman–Crippen LogP) is 18.1. The van der Waals surface area contributed by atoms with Crippen LogP contribution in [0.25, 0.3) is 55.7 Å². The Hall–Kier alpha value is -6.70. The molecule has 0 aliphatic carbocycles. The topological polar surface area (TPSA) is 0 Å². The third-order valence-corrected chi connectivity index (χ3v) is 10.9. The summed E-state index contributed by atoms with van der Waals surface area (Å²) in [5.41, 5.74) is 20.0. The predicted molar refractivity (Wildman–Crippen MR) is 294 cm³/mol. The van der Waals surface area contributed by atoms with Crippen molar-refractivity contribution in [1.29, 1.82) is 0 Å². The van der Waals surface area contributed by atoms with Crippen LogP contribution in [0.4, 0.5) is 0 Å². The van der Waals surface area contributed by atoms with Gasteiger partial charge in [-0.1, -0.05) is 286 Å². The molecule has 0 saturated carbocycles. The highest BCUT2D eigenvalue weighted by Crippen LogP contribution is 2.44. The third kappa shape index (κ3) is 14.2. The third-order valence-electron chi connectivity index (χ3n) is 10.9. The molecule has 0 atom stereocenters. The molecule has 0 N–H and O–H groups in total. The van der Waals surface area contributed by atoms with Crippen LogP contribution in [0.5, 0.6) is 0 Å². The summed E-state index contributed by atoms with van der Waals surface area (Å²) in [6.07, 6.45) is 0. The minimum atomic E-state index is 0.230. The fourth-order valence-electron chi connectivity index (χ4n) is 7.73. The van der Waals surface area contributed by atoms with Gasteiger partial charge in [-0.2, -0.15) is 0 Å². The number of benzene rings is 8. The lowest BCUT2D eigenvalue weighted by atomic mass is 9.82. The lowest BCUT2D eigenvalue weighted by Crippen LogP contribution is -2.12. The molecule has 0 saturated heterocycles. The minimum Gasteiger partial charge on any atom is -0.0967 e. The highest BCUT2D eigenvalue weighted by Gasteiger charge is 2.20. The normalized spacial score (nSPS) is 11.8. The summed E-state index contributed by atoms with van der Waals surface area (Å²) in [4.78, 5) is 0. The standard InChI is InChI=1S/C48H38.C10H13B.C5H12.C2H6/c1-35(37-19-8-3-9-20-37)46(41-25-14-6-15-26-41)47(36(2)38-21-10-4-11-22-38)43-33-31-40(32-34-43)45-30-18-29-44(39-23-12-5-13-24-39)48(45)42-27-16-7-17-28-42;1-10(2,3)8-4-6-9(11)7-5-8;1-5(2,3)4;1-2/h3-34H,1-2H3;4-7H,1-3H3;1-4H3;1-2H3/b46-35+,47-36+;;;. The molecule has 8 aromatic carbocycles. The summed E-state index contributed by atoms with van der Waals surface area (Å²) in [5.74, 6) is 0. The Kier molecular flexibility index (Phi) is 18.3. The molecule has 66 heavy (non-hydrogen) atoms. The number of allylic oxidation sites excluding steroid dienone is 4. The van der Waals surface area contributed by atoms with Crippen molar-refractivity contribution < 1.29 is 0 Å². The molecule has 0 spiro atoms. The van der Waals surface area contributed by atoms with Gasteiger partial charge >= 0.3 is 0 Å². The van der Waals surface area contributed by atoms with E-state index in [2.05, 4.69) is 269 Å². The Labute approximate surface area is 400 Å². The van der Waals surface area contributed by atoms with E-state index in [4.69, 9.17) is 7.85 Å². The first kappa shape index (κ1) is 50.3. The molecule has 0 fully saturated rings. The smallest absolute Gasteiger partial charge is 0.0967 e. The van der Waals surface area contributed by atoms with Gasteiger partial charge in [0.2, 0.25) is 0 Å². The summed E-state index contributed by atoms with van der Waals surface area (Å²) >= 11 is 0. The molecule has 0 bridgehead atoms. The quantitative estimate of drug-likeness (QED) is 0.0811. The molecule has 0 amide bonds. The lowest BCUT2D eigenvalue weighted by Gasteiger charge is -2.22. The second-order valence-corrected chi connectivity index (χ2v) is 19.0. The van der Waals surface area contributed by atoms with Gasteiger partial charge in [-0.05, 0) is 108 Å². The van der Waals surface area contributed by atoms with Crippen molar-refractivity contribution >= 4 is 35.6 Å². The molecule has 8 rings (SSSR count). The molecule has 0 heterocycles. The zero-order valence-electron chi connectivity index (χ0n) is 41.4. The maximum absolute atomic E-state index is 5.57. The first-order valence-corrected chi connectivity index (χ1v) is 23.5. The highest BCUT2D eigenvalue weighted by molar-refractivity contribution is 6.32. The number of hydrogen-bond acceptors (Lipinski definition) is 0. The molecule has 0 aromatic heterocycles. The van der Waals surface area contributed by atoms with E-state index in [-0.39, 0.29) is 5.41 Å². The monoisotopic (exact) mass is 861 g/mol. The number of rotatable bonds is 8. The molecule has 0 unspecified atom stereocenters. The summed E-state index contributed by atoms with van der Waals surface area (Å²) in [6, 6.07) is 77.7. The van der Waals surface area contributed by atoms with Gasteiger partial charge in [0.05, 0.1) is 0 Å². The van der Waals surface area contributed by atoms with Crippen molar-refractivity contribution in [1.82, 2.24) is 0 Å². The van der Waals surface area contributed by atoms with Gasteiger partial charge in [-0.3, -0.25) is 0 Å². The van der Waals surface area contributed by atoms with Crippen molar-refractivity contribution in [2.24, 2.45) is 5.41 Å². The van der Waals surface area contributed by atoms with Gasteiger partial charge in [-0.15, -0.1) is 0 Å². The van der Waals surface area contributed by atoms with Crippen LogP contribution < -0.4 is 5.46 Å². The zero-order valence-corrected chi connectivity index (χ0v) is 41.4. The Morgan fingerprint density at radius 2 is 0.652 bits per heavy atom. The Balaban J connectivity index is 0.000000383. The van der Waals surface area contributed by atoms with Crippen molar-refractivity contribution in [2.75, 3.05) is 0 Å². The largest absolute Gasteiger partial charge is 0.113 e. The summed E-state index contributed by atoms with van der Waals surface area (Å²) < 4.78 is 0. The molecule has 332 valence electrons. The summed E-state index contributed by atoms with van der Waals surface area (Å²) in [7, 11) is 5.57. The Bertz CT molecular complexity index is 2720. The number of hydrogen-bond donors (Lipinski definition) is 0. The van der Waals surface area contributed by atoms with E-state index in [1.807, 2.05) is 26.0 Å². The molecule has 0 aliphatic heterocycles. The molecule has 0 aliphatic rings. The van der Waals surface area contributed by atoms with E-state index >= 15 is 0 Å². The first-order valence-electron chi connectivity index (χ1n) is 23.5. The van der Waals surface area contributed by atoms with E-state index in [9.17, 15) is 0 Å². The van der Waals surface area contributed by atoms with Crippen LogP contribution >= 0.6 is 0 Å². The summed E-state index contributed by atoms with van der Waals surface area (Å²) in [6.45, 7) is 23.8. The van der Waals surface area contributed by atoms with E-state index in [1.165, 1.54) is 83.5 Å². The fourth-order valence-corrected chi connectivity index (χ4v) is 7.73. The van der Waals surface area contributed by atoms with E-state index in [0.29, 0.717) is 5.41 Å². The SMILES string of the molecule is C/C(=C(\C(=C(/C)c1ccccc1)c1ccc(-c2cccc(-c3ccccc3)c2-c2ccccc2)cc1)c1ccccc1)c1ccccc1.CC.CC(C)(C)C.[B]c1ccc(C(C)(C)C)cc1. The lowest BCUT2D eigenvalue weighted by molar-refractivity contribution is 0.469. The van der Waals surface area contributed by atoms with Crippen molar-refractivity contribution in [3.8, 4) is 33.4 Å². The van der Waals surface area contributed by atoms with Crippen LogP contribution in [-0.4, -0.2) is 7.85 Å². The van der Waals surface area contributed by atoms with Crippen LogP contribution in [0.3, 0.4) is 0 Å². The minimum absolute atomic E-state index is 0.230. The maximum atomic E-state index is 5.57. The maximum Gasteiger partial charge on any atom is 0.113 e. The molecule has 8 aromatic rings. The fraction of sp³-hybridized carbons (Fsp3) is 0.200. The van der Waals surface area contributed by atoms with Crippen molar-refractivity contribution in [3.63, 3.8) is 0 Å². The van der Waals surface area contributed by atoms with Gasteiger partial charge in [-0.25, -0.2) is 0 Å². The van der Waals surface area contributed by atoms with Crippen LogP contribution in [0.1, 0.15) is 104 Å². The average molecular weight is 861 g/mol. The van der Waals surface area contributed by atoms with Crippen LogP contribution in [-0.2, 0) is 5.41 Å². The van der Waals surface area contributed by atoms with Gasteiger partial charge < -0.3 is 0 Å². The molecule has 0 nitrogen and oxygen atoms in total. The van der Waals surface area contributed by atoms with Crippen molar-refractivity contribution in [2.45, 2.75) is 81.6 Å². The molecule has 2 radical (unpaired) electrons. The molecular weight excluding hydrogens is 792 g/mol. The van der Waals surface area contributed by atoms with E-state index in [1.54, 1.807) is 0 Å².